The van der Waals surface area contributed by atoms with Gasteiger partial charge in [0, 0.05) is 0 Å². The molecule has 0 radical (unpaired) electrons. The zero-order chi connectivity index (χ0) is 13.7. The molecule has 0 saturated carbocycles. The predicted octanol–water partition coefficient (Wildman–Crippen LogP) is 2.40. The molecule has 0 aliphatic rings. The molecular weight excluding hydrogens is 272 g/mol. The molecule has 0 heterocycles. The molecule has 4 nitrogen and oxygen atoms in total. The van der Waals surface area contributed by atoms with Gasteiger partial charge in [-0.1, -0.05) is 24.3 Å². The number of benzene rings is 1. The van der Waals surface area contributed by atoms with E-state index < -0.39 is 11.9 Å². The van der Waals surface area contributed by atoms with Gasteiger partial charge in [0.2, 0.25) is 0 Å². The molecule has 0 saturated heterocycles. The van der Waals surface area contributed by atoms with E-state index in [1.807, 2.05) is 0 Å². The molecule has 0 spiro atoms. The summed E-state index contributed by atoms with van der Waals surface area (Å²) in [6.07, 6.45) is 2.69. The van der Waals surface area contributed by atoms with E-state index in [-0.39, 0.29) is 9.81 Å². The predicted molar refractivity (Wildman–Crippen MR) is 75.6 cm³/mol. The Balaban J connectivity index is 3.24. The van der Waals surface area contributed by atoms with Crippen LogP contribution in [0.3, 0.4) is 0 Å². The Labute approximate surface area is 114 Å². The molecule has 0 aliphatic heterocycles. The summed E-state index contributed by atoms with van der Waals surface area (Å²) in [6.45, 7) is 0. The van der Waals surface area contributed by atoms with Crippen molar-refractivity contribution in [1.82, 2.24) is 0 Å². The molecule has 6 heteroatoms. The zero-order valence-corrected chi connectivity index (χ0v) is 10.9. The van der Waals surface area contributed by atoms with Crippen molar-refractivity contribution in [2.75, 3.05) is 0 Å². The molecule has 1 aromatic carbocycles. The summed E-state index contributed by atoms with van der Waals surface area (Å²) < 4.78 is 0. The molecule has 2 N–H and O–H groups in total. The van der Waals surface area contributed by atoms with Gasteiger partial charge in [-0.05, 0) is 23.3 Å². The van der Waals surface area contributed by atoms with Crippen molar-refractivity contribution in [3.8, 4) is 0 Å². The van der Waals surface area contributed by atoms with Crippen molar-refractivity contribution in [3.63, 3.8) is 0 Å². The van der Waals surface area contributed by atoms with Crippen LogP contribution in [0, 0.1) is 0 Å². The van der Waals surface area contributed by atoms with Crippen LogP contribution in [0.2, 0.25) is 0 Å². The fraction of sp³-hybridized carbons (Fsp3) is 0. The Morgan fingerprint density at radius 2 is 1.22 bits per heavy atom. The van der Waals surface area contributed by atoms with E-state index in [0.717, 1.165) is 0 Å². The second kappa shape index (κ2) is 6.32. The van der Waals surface area contributed by atoms with Crippen molar-refractivity contribution in [1.29, 1.82) is 0 Å². The second-order valence-corrected chi connectivity index (χ2v) is 4.26. The first-order chi connectivity index (χ1) is 8.41. The van der Waals surface area contributed by atoms with Crippen LogP contribution in [0.1, 0.15) is 11.1 Å². The molecule has 0 atom stereocenters. The van der Waals surface area contributed by atoms with Crippen LogP contribution in [0.25, 0.3) is 12.2 Å². The van der Waals surface area contributed by atoms with Crippen LogP contribution in [0.15, 0.2) is 34.1 Å². The third-order valence-electron chi connectivity index (χ3n) is 2.02. The van der Waals surface area contributed by atoms with E-state index in [0.29, 0.717) is 11.1 Å². The summed E-state index contributed by atoms with van der Waals surface area (Å²) in [4.78, 5) is 21.1. The highest BCUT2D eigenvalue weighted by atomic mass is 32.1. The first kappa shape index (κ1) is 14.4. The lowest BCUT2D eigenvalue weighted by Gasteiger charge is -2.02. The minimum absolute atomic E-state index is 0.133. The van der Waals surface area contributed by atoms with E-state index in [2.05, 4.69) is 25.3 Å². The average Bonchev–Trinajstić information content (AvgIpc) is 2.31. The molecule has 0 bridgehead atoms. The van der Waals surface area contributed by atoms with Gasteiger partial charge in [0.15, 0.2) is 0 Å². The van der Waals surface area contributed by atoms with Crippen molar-refractivity contribution in [2.45, 2.75) is 0 Å². The van der Waals surface area contributed by atoms with E-state index in [9.17, 15) is 9.59 Å². The van der Waals surface area contributed by atoms with Gasteiger partial charge >= 0.3 is 11.9 Å². The summed E-state index contributed by atoms with van der Waals surface area (Å²) >= 11 is 7.64. The average molecular weight is 282 g/mol. The molecule has 0 amide bonds. The number of hydrogen-bond acceptors (Lipinski definition) is 4. The fourth-order valence-corrected chi connectivity index (χ4v) is 1.47. The quantitative estimate of drug-likeness (QED) is 0.505. The van der Waals surface area contributed by atoms with Gasteiger partial charge in [-0.3, -0.25) is 0 Å². The maximum Gasteiger partial charge on any atom is 0.341 e. The van der Waals surface area contributed by atoms with Crippen LogP contribution in [-0.2, 0) is 9.59 Å². The molecule has 94 valence electrons. The largest absolute Gasteiger partial charge is 0.477 e. The van der Waals surface area contributed by atoms with Gasteiger partial charge in [0.1, 0.15) is 0 Å². The molecule has 0 unspecified atom stereocenters. The Morgan fingerprint density at radius 3 is 1.50 bits per heavy atom. The number of aliphatic carboxylic acids is 2. The van der Waals surface area contributed by atoms with Crippen molar-refractivity contribution >= 4 is 49.3 Å². The summed E-state index contributed by atoms with van der Waals surface area (Å²) in [5.41, 5.74) is 1.11. The molecule has 1 rings (SSSR count). The first-order valence-electron chi connectivity index (χ1n) is 4.78. The third-order valence-corrected chi connectivity index (χ3v) is 2.66. The standard InChI is InChI=1S/C12H10O4S2/c13-11(14)9(17)5-7-3-1-2-4-8(7)6-10(18)12(15)16/h1-6,17-18H,(H,13,14)(H,15,16). The van der Waals surface area contributed by atoms with Gasteiger partial charge in [0.25, 0.3) is 0 Å². The monoisotopic (exact) mass is 282 g/mol. The van der Waals surface area contributed by atoms with Gasteiger partial charge in [-0.15, -0.1) is 25.3 Å². The third kappa shape index (κ3) is 3.97. The highest BCUT2D eigenvalue weighted by molar-refractivity contribution is 7.86. The summed E-state index contributed by atoms with van der Waals surface area (Å²) in [5, 5.41) is 17.5. The maximum atomic E-state index is 10.7. The van der Waals surface area contributed by atoms with Gasteiger partial charge in [-0.2, -0.15) is 0 Å². The van der Waals surface area contributed by atoms with E-state index >= 15 is 0 Å². The maximum absolute atomic E-state index is 10.7. The number of hydrogen-bond donors (Lipinski definition) is 4. The molecule has 18 heavy (non-hydrogen) atoms. The number of carbonyl (C=O) groups is 2. The van der Waals surface area contributed by atoms with Crippen molar-refractivity contribution in [2.24, 2.45) is 0 Å². The highest BCUT2D eigenvalue weighted by Gasteiger charge is 2.06. The van der Waals surface area contributed by atoms with E-state index in [1.54, 1.807) is 24.3 Å². The minimum Gasteiger partial charge on any atom is -0.477 e. The number of thiol groups is 2. The minimum atomic E-state index is -1.15. The lowest BCUT2D eigenvalue weighted by Crippen LogP contribution is -1.95. The van der Waals surface area contributed by atoms with E-state index in [1.165, 1.54) is 12.2 Å². The summed E-state index contributed by atoms with van der Waals surface area (Å²) in [5.74, 6) is -2.30. The van der Waals surface area contributed by atoms with Crippen LogP contribution in [0.5, 0.6) is 0 Å². The molecule has 0 aliphatic carbocycles. The normalized spacial score (nSPS) is 12.3. The lowest BCUT2D eigenvalue weighted by atomic mass is 10.1. The summed E-state index contributed by atoms with van der Waals surface area (Å²) in [6, 6.07) is 6.75. The van der Waals surface area contributed by atoms with Crippen LogP contribution in [-0.4, -0.2) is 22.2 Å². The Kier molecular flexibility index (Phi) is 5.06. The van der Waals surface area contributed by atoms with Crippen LogP contribution < -0.4 is 0 Å². The SMILES string of the molecule is O=C(O)C(S)=Cc1ccccc1C=C(S)C(=O)O. The van der Waals surface area contributed by atoms with Crippen LogP contribution in [0.4, 0.5) is 0 Å². The fourth-order valence-electron chi connectivity index (χ4n) is 1.19. The Bertz CT molecular complexity index is 498. The highest BCUT2D eigenvalue weighted by Crippen LogP contribution is 2.19. The van der Waals surface area contributed by atoms with Crippen LogP contribution >= 0.6 is 25.3 Å². The van der Waals surface area contributed by atoms with Gasteiger partial charge < -0.3 is 10.2 Å². The molecule has 0 aromatic heterocycles. The zero-order valence-electron chi connectivity index (χ0n) is 9.07. The first-order valence-corrected chi connectivity index (χ1v) is 5.68. The Hall–Kier alpha value is -1.66. The second-order valence-electron chi connectivity index (χ2n) is 3.30. The number of carboxylic acids is 2. The molecule has 0 fully saturated rings. The number of carboxylic acid groups (broad SMARTS) is 2. The molecular formula is C12H10O4S2. The van der Waals surface area contributed by atoms with Gasteiger partial charge in [-0.25, -0.2) is 9.59 Å². The number of rotatable bonds is 4. The topological polar surface area (TPSA) is 74.6 Å². The lowest BCUT2D eigenvalue weighted by molar-refractivity contribution is -0.132. The smallest absolute Gasteiger partial charge is 0.341 e. The molecule has 1 aromatic rings. The van der Waals surface area contributed by atoms with Gasteiger partial charge in [0.05, 0.1) is 9.81 Å². The van der Waals surface area contributed by atoms with Crippen molar-refractivity contribution in [3.05, 3.63) is 45.2 Å². The van der Waals surface area contributed by atoms with Crippen molar-refractivity contribution < 1.29 is 19.8 Å². The Morgan fingerprint density at radius 1 is 0.889 bits per heavy atom. The van der Waals surface area contributed by atoms with E-state index in [4.69, 9.17) is 10.2 Å². The summed E-state index contributed by atoms with van der Waals surface area (Å²) in [7, 11) is 0.